The molecule has 0 saturated carbocycles. The monoisotopic (exact) mass is 495 g/mol. The zero-order valence-corrected chi connectivity index (χ0v) is 18.6. The topological polar surface area (TPSA) is 156 Å². The molecule has 0 aliphatic rings. The largest absolute Gasteiger partial charge is 0.462 e. The van der Waals surface area contributed by atoms with Crippen molar-refractivity contribution in [2.45, 2.75) is 13.8 Å². The third-order valence-electron chi connectivity index (χ3n) is 3.93. The number of carbonyl (C=O) groups is 2. The fourth-order valence-corrected chi connectivity index (χ4v) is 3.03. The highest BCUT2D eigenvalue weighted by molar-refractivity contribution is 6.30. The molecule has 0 bridgehead atoms. The number of esters is 2. The first-order valence-electron chi connectivity index (χ1n) is 9.29. The van der Waals surface area contributed by atoms with E-state index in [0.717, 1.165) is 10.7 Å². The minimum absolute atomic E-state index is 0.0320. The van der Waals surface area contributed by atoms with Gasteiger partial charge in [0.2, 0.25) is 0 Å². The van der Waals surface area contributed by atoms with Gasteiger partial charge in [0.05, 0.1) is 13.2 Å². The Hall–Kier alpha value is -3.84. The molecule has 172 valence electrons. The van der Waals surface area contributed by atoms with Crippen LogP contribution in [0.25, 0.3) is 11.3 Å². The molecule has 15 heteroatoms. The van der Waals surface area contributed by atoms with Crippen molar-refractivity contribution in [2.75, 3.05) is 13.2 Å². The Morgan fingerprint density at radius 1 is 1.00 bits per heavy atom. The van der Waals surface area contributed by atoms with Gasteiger partial charge in [-0.1, -0.05) is 32.8 Å². The molecular formula is C18H15Cl2N7O6. The predicted molar refractivity (Wildman–Crippen MR) is 115 cm³/mol. The van der Waals surface area contributed by atoms with E-state index in [0.29, 0.717) is 17.8 Å². The smallest absolute Gasteiger partial charge is 0.368 e. The van der Waals surface area contributed by atoms with Crippen molar-refractivity contribution in [1.29, 1.82) is 0 Å². The van der Waals surface area contributed by atoms with Crippen LogP contribution in [-0.4, -0.2) is 59.3 Å². The van der Waals surface area contributed by atoms with Gasteiger partial charge in [0, 0.05) is 18.5 Å². The first-order chi connectivity index (χ1) is 15.8. The standard InChI is InChI=1S/C9H7ClN4O4.C9H8ClN3O2/c1-2-18-9(15)5-3-6(10)12-13-7(14(16)17)4-11-8(5)13;1-2-15-9(14)6-5-7(10)12-13-4-3-11-8(6)13/h3-4H,2H2,1H3;3-5H,2H2,1H3. The van der Waals surface area contributed by atoms with Crippen molar-refractivity contribution in [1.82, 2.24) is 29.2 Å². The molecule has 0 aliphatic carbocycles. The molecule has 0 fully saturated rings. The minimum Gasteiger partial charge on any atom is -0.462 e. The molecule has 0 amide bonds. The van der Waals surface area contributed by atoms with E-state index in [-0.39, 0.29) is 33.9 Å². The van der Waals surface area contributed by atoms with Gasteiger partial charge in [-0.15, -0.1) is 0 Å². The van der Waals surface area contributed by atoms with Gasteiger partial charge >= 0.3 is 17.8 Å². The third kappa shape index (κ3) is 5.15. The third-order valence-corrected chi connectivity index (χ3v) is 4.30. The molecule has 0 unspecified atom stereocenters. The van der Waals surface area contributed by atoms with E-state index < -0.39 is 16.9 Å². The molecular weight excluding hydrogens is 481 g/mol. The number of carbonyl (C=O) groups excluding carboxylic acids is 2. The Kier molecular flexibility index (Phi) is 7.35. The average molecular weight is 496 g/mol. The summed E-state index contributed by atoms with van der Waals surface area (Å²) in [6.45, 7) is 3.87. The number of imidazole rings is 2. The second-order valence-electron chi connectivity index (χ2n) is 6.01. The van der Waals surface area contributed by atoms with Crippen LogP contribution in [-0.2, 0) is 9.47 Å². The molecule has 0 radical (unpaired) electrons. The summed E-state index contributed by atoms with van der Waals surface area (Å²) < 4.78 is 12.0. The van der Waals surface area contributed by atoms with Crippen LogP contribution in [0.1, 0.15) is 34.6 Å². The number of ether oxygens (including phenoxy) is 2. The van der Waals surface area contributed by atoms with Crippen molar-refractivity contribution >= 4 is 52.3 Å². The van der Waals surface area contributed by atoms with Crippen molar-refractivity contribution in [3.63, 3.8) is 0 Å². The van der Waals surface area contributed by atoms with Crippen molar-refractivity contribution in [2.24, 2.45) is 0 Å². The van der Waals surface area contributed by atoms with Gasteiger partial charge in [-0.3, -0.25) is 0 Å². The maximum Gasteiger partial charge on any atom is 0.368 e. The van der Waals surface area contributed by atoms with Crippen LogP contribution in [0.3, 0.4) is 0 Å². The molecule has 0 spiro atoms. The number of hydrogen-bond donors (Lipinski definition) is 0. The zero-order chi connectivity index (χ0) is 24.1. The molecule has 4 aromatic heterocycles. The van der Waals surface area contributed by atoms with Crippen LogP contribution >= 0.6 is 23.2 Å². The molecule has 0 aliphatic heterocycles. The SMILES string of the molecule is CCOC(=O)c1cc(Cl)nn2c([N+](=O)[O-])cnc12.CCOC(=O)c1cc(Cl)nn2ccnc12. The van der Waals surface area contributed by atoms with Crippen molar-refractivity contribution < 1.29 is 24.0 Å². The van der Waals surface area contributed by atoms with Gasteiger partial charge in [-0.2, -0.15) is 5.10 Å². The molecule has 33 heavy (non-hydrogen) atoms. The van der Waals surface area contributed by atoms with E-state index in [1.807, 2.05) is 0 Å². The number of nitrogens with zero attached hydrogens (tertiary/aromatic N) is 7. The molecule has 4 aromatic rings. The van der Waals surface area contributed by atoms with Gasteiger partial charge in [-0.05, 0) is 24.8 Å². The fraction of sp³-hybridized carbons (Fsp3) is 0.222. The number of rotatable bonds is 5. The Labute approximate surface area is 195 Å². The molecule has 4 rings (SSSR count). The number of halogens is 2. The lowest BCUT2D eigenvalue weighted by Gasteiger charge is -2.03. The summed E-state index contributed by atoms with van der Waals surface area (Å²) in [4.78, 5) is 41.1. The number of hydrogen-bond acceptors (Lipinski definition) is 10. The number of aromatic nitrogens is 6. The zero-order valence-electron chi connectivity index (χ0n) is 17.1. The summed E-state index contributed by atoms with van der Waals surface area (Å²) in [5.74, 6) is -1.48. The van der Waals surface area contributed by atoms with Crippen LogP contribution in [0.4, 0.5) is 5.82 Å². The molecule has 0 aromatic carbocycles. The fourth-order valence-electron chi connectivity index (χ4n) is 2.66. The van der Waals surface area contributed by atoms with Gasteiger partial charge in [0.15, 0.2) is 16.0 Å². The maximum atomic E-state index is 11.7. The average Bonchev–Trinajstić information content (AvgIpc) is 3.40. The van der Waals surface area contributed by atoms with E-state index in [2.05, 4.69) is 20.2 Å². The van der Waals surface area contributed by atoms with E-state index in [9.17, 15) is 19.7 Å². The summed E-state index contributed by atoms with van der Waals surface area (Å²) in [7, 11) is 0. The summed E-state index contributed by atoms with van der Waals surface area (Å²) in [5.41, 5.74) is 0.828. The molecule has 0 saturated heterocycles. The Morgan fingerprint density at radius 2 is 1.58 bits per heavy atom. The van der Waals surface area contributed by atoms with Gasteiger partial charge in [-0.25, -0.2) is 24.1 Å². The van der Waals surface area contributed by atoms with E-state index >= 15 is 0 Å². The normalized spacial score (nSPS) is 10.5. The summed E-state index contributed by atoms with van der Waals surface area (Å²) in [6, 6.07) is 2.70. The van der Waals surface area contributed by atoms with E-state index in [1.54, 1.807) is 26.2 Å². The molecule has 0 N–H and O–H groups in total. The lowest BCUT2D eigenvalue weighted by molar-refractivity contribution is -0.391. The first kappa shape index (κ1) is 23.8. The van der Waals surface area contributed by atoms with E-state index in [4.69, 9.17) is 32.7 Å². The van der Waals surface area contributed by atoms with Gasteiger partial charge < -0.3 is 19.6 Å². The highest BCUT2D eigenvalue weighted by atomic mass is 35.5. The predicted octanol–water partition coefficient (Wildman–Crippen LogP) is 3.03. The number of nitro groups is 1. The Balaban J connectivity index is 0.000000189. The van der Waals surface area contributed by atoms with E-state index in [1.165, 1.54) is 16.6 Å². The van der Waals surface area contributed by atoms with Crippen LogP contribution in [0.5, 0.6) is 0 Å². The van der Waals surface area contributed by atoms with Crippen LogP contribution in [0, 0.1) is 10.1 Å². The first-order valence-corrected chi connectivity index (χ1v) is 10.0. The second kappa shape index (κ2) is 10.2. The minimum atomic E-state index is -0.668. The summed E-state index contributed by atoms with van der Waals surface area (Å²) in [6.07, 6.45) is 4.16. The highest BCUT2D eigenvalue weighted by Gasteiger charge is 2.24. The molecule has 4 heterocycles. The lowest BCUT2D eigenvalue weighted by atomic mass is 10.3. The van der Waals surface area contributed by atoms with Crippen LogP contribution in [0.2, 0.25) is 10.3 Å². The Bertz CT molecular complexity index is 1350. The van der Waals surface area contributed by atoms with Crippen molar-refractivity contribution in [3.8, 4) is 0 Å². The lowest BCUT2D eigenvalue weighted by Crippen LogP contribution is -2.09. The quantitative estimate of drug-likeness (QED) is 0.229. The second-order valence-corrected chi connectivity index (χ2v) is 6.78. The van der Waals surface area contributed by atoms with Crippen LogP contribution < -0.4 is 0 Å². The summed E-state index contributed by atoms with van der Waals surface area (Å²) in [5, 5.41) is 18.6. The molecule has 0 atom stereocenters. The highest BCUT2D eigenvalue weighted by Crippen LogP contribution is 2.20. The van der Waals surface area contributed by atoms with Crippen LogP contribution in [0.15, 0.2) is 30.7 Å². The summed E-state index contributed by atoms with van der Waals surface area (Å²) >= 11 is 11.5. The van der Waals surface area contributed by atoms with Crippen molar-refractivity contribution in [3.05, 3.63) is 62.3 Å². The molecule has 13 nitrogen and oxygen atoms in total. The maximum absolute atomic E-state index is 11.7. The van der Waals surface area contributed by atoms with Gasteiger partial charge in [0.25, 0.3) is 5.65 Å². The number of fused-ring (bicyclic) bond motifs is 2. The Morgan fingerprint density at radius 3 is 2.15 bits per heavy atom. The van der Waals surface area contributed by atoms with Gasteiger partial charge in [0.1, 0.15) is 17.3 Å².